The number of amides is 1. The maximum Gasteiger partial charge on any atom is 0.223 e. The van der Waals surface area contributed by atoms with Crippen molar-refractivity contribution in [3.05, 3.63) is 34.9 Å². The van der Waals surface area contributed by atoms with Crippen molar-refractivity contribution in [3.8, 4) is 0 Å². The first kappa shape index (κ1) is 15.0. The van der Waals surface area contributed by atoms with Crippen LogP contribution in [-0.4, -0.2) is 11.7 Å². The van der Waals surface area contributed by atoms with Crippen molar-refractivity contribution in [2.24, 2.45) is 5.92 Å². The van der Waals surface area contributed by atoms with Gasteiger partial charge in [0.2, 0.25) is 5.91 Å². The van der Waals surface area contributed by atoms with E-state index in [2.05, 4.69) is 5.32 Å². The standard InChI is InChI=1S/C16H20ClNO2/c1-2-15(12-4-3-5-13(17)10-12)18-16(20)11-6-8-14(19)9-7-11/h3-5,10-11,15H,2,6-9H2,1H3,(H,18,20)/t15-/m0/s1. The lowest BCUT2D eigenvalue weighted by molar-refractivity contribution is -0.129. The van der Waals surface area contributed by atoms with E-state index < -0.39 is 0 Å². The molecule has 1 saturated carbocycles. The quantitative estimate of drug-likeness (QED) is 0.921. The summed E-state index contributed by atoms with van der Waals surface area (Å²) in [7, 11) is 0. The Morgan fingerprint density at radius 1 is 1.40 bits per heavy atom. The Balaban J connectivity index is 1.99. The molecular weight excluding hydrogens is 274 g/mol. The van der Waals surface area contributed by atoms with Crippen LogP contribution in [0.3, 0.4) is 0 Å². The summed E-state index contributed by atoms with van der Waals surface area (Å²) in [5.41, 5.74) is 1.03. The van der Waals surface area contributed by atoms with Gasteiger partial charge in [0.15, 0.2) is 0 Å². The largest absolute Gasteiger partial charge is 0.349 e. The summed E-state index contributed by atoms with van der Waals surface area (Å²) in [4.78, 5) is 23.5. The maximum atomic E-state index is 12.3. The maximum absolute atomic E-state index is 12.3. The SMILES string of the molecule is CC[C@H](NC(=O)C1CCC(=O)CC1)c1cccc(Cl)c1. The number of carbonyl (C=O) groups is 2. The second kappa shape index (κ2) is 6.89. The van der Waals surface area contributed by atoms with Gasteiger partial charge in [-0.1, -0.05) is 30.7 Å². The van der Waals surface area contributed by atoms with Crippen molar-refractivity contribution in [2.75, 3.05) is 0 Å². The third-order valence-corrected chi connectivity index (χ3v) is 4.12. The first-order valence-corrected chi connectivity index (χ1v) is 7.55. The van der Waals surface area contributed by atoms with Crippen LogP contribution in [0, 0.1) is 5.92 Å². The summed E-state index contributed by atoms with van der Waals surface area (Å²) in [6, 6.07) is 7.57. The number of benzene rings is 1. The summed E-state index contributed by atoms with van der Waals surface area (Å²) in [5.74, 6) is 0.307. The Bertz CT molecular complexity index is 491. The van der Waals surface area contributed by atoms with Crippen LogP contribution in [0.5, 0.6) is 0 Å². The van der Waals surface area contributed by atoms with Crippen molar-refractivity contribution in [3.63, 3.8) is 0 Å². The third kappa shape index (κ3) is 3.83. The Hall–Kier alpha value is -1.35. The highest BCUT2D eigenvalue weighted by Gasteiger charge is 2.26. The van der Waals surface area contributed by atoms with Crippen molar-refractivity contribution < 1.29 is 9.59 Å². The monoisotopic (exact) mass is 293 g/mol. The molecule has 0 aromatic heterocycles. The van der Waals surface area contributed by atoms with Gasteiger partial charge in [0.25, 0.3) is 0 Å². The number of rotatable bonds is 4. The number of hydrogen-bond donors (Lipinski definition) is 1. The molecule has 0 unspecified atom stereocenters. The van der Waals surface area contributed by atoms with Crippen LogP contribution in [0.25, 0.3) is 0 Å². The normalized spacial score (nSPS) is 17.8. The molecule has 0 radical (unpaired) electrons. The fourth-order valence-corrected chi connectivity index (χ4v) is 2.83. The lowest BCUT2D eigenvalue weighted by atomic mass is 9.87. The van der Waals surface area contributed by atoms with E-state index in [0.717, 1.165) is 12.0 Å². The van der Waals surface area contributed by atoms with Crippen LogP contribution in [0.1, 0.15) is 50.6 Å². The van der Waals surface area contributed by atoms with Crippen molar-refractivity contribution in [2.45, 2.75) is 45.1 Å². The predicted octanol–water partition coefficient (Wildman–Crippen LogP) is 3.67. The number of Topliss-reactive ketones (excluding diaryl/α,β-unsaturated/α-hetero) is 1. The van der Waals surface area contributed by atoms with E-state index in [-0.39, 0.29) is 23.7 Å². The van der Waals surface area contributed by atoms with Gasteiger partial charge in [-0.2, -0.15) is 0 Å². The van der Waals surface area contributed by atoms with Gasteiger partial charge in [0.1, 0.15) is 5.78 Å². The molecule has 0 spiro atoms. The first-order chi connectivity index (χ1) is 9.60. The molecule has 20 heavy (non-hydrogen) atoms. The summed E-state index contributed by atoms with van der Waals surface area (Å²) >= 11 is 6.00. The zero-order valence-electron chi connectivity index (χ0n) is 11.7. The molecule has 1 aromatic carbocycles. The Labute approximate surface area is 124 Å². The van der Waals surface area contributed by atoms with Crippen LogP contribution in [0.15, 0.2) is 24.3 Å². The van der Waals surface area contributed by atoms with E-state index in [1.165, 1.54) is 0 Å². The minimum Gasteiger partial charge on any atom is -0.349 e. The van der Waals surface area contributed by atoms with Gasteiger partial charge in [0, 0.05) is 23.8 Å². The topological polar surface area (TPSA) is 46.2 Å². The van der Waals surface area contributed by atoms with Gasteiger partial charge in [0.05, 0.1) is 6.04 Å². The third-order valence-electron chi connectivity index (χ3n) is 3.89. The molecular formula is C16H20ClNO2. The minimum atomic E-state index is -0.0269. The second-order valence-electron chi connectivity index (χ2n) is 5.34. The Morgan fingerprint density at radius 2 is 2.10 bits per heavy atom. The molecule has 108 valence electrons. The summed E-state index contributed by atoms with van der Waals surface area (Å²) in [6.45, 7) is 2.04. The fraction of sp³-hybridized carbons (Fsp3) is 0.500. The van der Waals surface area contributed by atoms with Crippen LogP contribution >= 0.6 is 11.6 Å². The van der Waals surface area contributed by atoms with Crippen molar-refractivity contribution in [1.82, 2.24) is 5.32 Å². The minimum absolute atomic E-state index is 0.0150. The second-order valence-corrected chi connectivity index (χ2v) is 5.77. The zero-order chi connectivity index (χ0) is 14.5. The highest BCUT2D eigenvalue weighted by atomic mass is 35.5. The van der Waals surface area contributed by atoms with Gasteiger partial charge >= 0.3 is 0 Å². The Kier molecular flexibility index (Phi) is 5.18. The summed E-state index contributed by atoms with van der Waals surface area (Å²) in [6.07, 6.45) is 3.24. The van der Waals surface area contributed by atoms with E-state index in [9.17, 15) is 9.59 Å². The predicted molar refractivity (Wildman–Crippen MR) is 79.6 cm³/mol. The molecule has 2 rings (SSSR count). The molecule has 0 bridgehead atoms. The highest BCUT2D eigenvalue weighted by Crippen LogP contribution is 2.25. The van der Waals surface area contributed by atoms with Gasteiger partial charge in [-0.25, -0.2) is 0 Å². The van der Waals surface area contributed by atoms with Gasteiger partial charge in [-0.15, -0.1) is 0 Å². The lowest BCUT2D eigenvalue weighted by Crippen LogP contribution is -2.35. The molecule has 1 aliphatic rings. The molecule has 0 saturated heterocycles. The van der Waals surface area contributed by atoms with Crippen LogP contribution < -0.4 is 5.32 Å². The molecule has 1 aliphatic carbocycles. The van der Waals surface area contributed by atoms with Crippen LogP contribution in [0.2, 0.25) is 5.02 Å². The molecule has 0 heterocycles. The number of hydrogen-bond acceptors (Lipinski definition) is 2. The smallest absolute Gasteiger partial charge is 0.223 e. The van der Waals surface area contributed by atoms with Gasteiger partial charge in [-0.05, 0) is 37.0 Å². The molecule has 1 atom stereocenters. The molecule has 1 aromatic rings. The first-order valence-electron chi connectivity index (χ1n) is 7.17. The van der Waals surface area contributed by atoms with Crippen molar-refractivity contribution >= 4 is 23.3 Å². The summed E-state index contributed by atoms with van der Waals surface area (Å²) < 4.78 is 0. The Morgan fingerprint density at radius 3 is 2.70 bits per heavy atom. The molecule has 1 N–H and O–H groups in total. The number of halogens is 1. The highest BCUT2D eigenvalue weighted by molar-refractivity contribution is 6.30. The van der Waals surface area contributed by atoms with E-state index in [0.29, 0.717) is 30.7 Å². The van der Waals surface area contributed by atoms with Crippen LogP contribution in [-0.2, 0) is 9.59 Å². The number of nitrogens with one attached hydrogen (secondary N) is 1. The van der Waals surface area contributed by atoms with E-state index in [4.69, 9.17) is 11.6 Å². The van der Waals surface area contributed by atoms with E-state index in [1.54, 1.807) is 0 Å². The number of carbonyl (C=O) groups excluding carboxylic acids is 2. The average Bonchev–Trinajstić information content (AvgIpc) is 2.45. The zero-order valence-corrected chi connectivity index (χ0v) is 12.5. The summed E-state index contributed by atoms with van der Waals surface area (Å²) in [5, 5.41) is 3.76. The molecule has 0 aliphatic heterocycles. The lowest BCUT2D eigenvalue weighted by Gasteiger charge is -2.24. The molecule has 3 nitrogen and oxygen atoms in total. The molecule has 1 amide bonds. The number of ketones is 1. The van der Waals surface area contributed by atoms with Crippen LogP contribution in [0.4, 0.5) is 0 Å². The fourth-order valence-electron chi connectivity index (χ4n) is 2.64. The van der Waals surface area contributed by atoms with Gasteiger partial charge in [-0.3, -0.25) is 9.59 Å². The molecule has 1 fully saturated rings. The van der Waals surface area contributed by atoms with E-state index in [1.807, 2.05) is 31.2 Å². The molecule has 4 heteroatoms. The van der Waals surface area contributed by atoms with Gasteiger partial charge < -0.3 is 5.32 Å². The van der Waals surface area contributed by atoms with E-state index >= 15 is 0 Å². The average molecular weight is 294 g/mol. The van der Waals surface area contributed by atoms with Crippen molar-refractivity contribution in [1.29, 1.82) is 0 Å².